The third-order valence-electron chi connectivity index (χ3n) is 6.28. The van der Waals surface area contributed by atoms with Gasteiger partial charge in [0.15, 0.2) is 0 Å². The first-order valence-corrected chi connectivity index (χ1v) is 12.5. The Morgan fingerprint density at radius 2 is 1.21 bits per heavy atom. The van der Waals surface area contributed by atoms with Gasteiger partial charge in [0.05, 0.1) is 17.2 Å². The highest BCUT2D eigenvalue weighted by atomic mass is 16.5. The number of unbranched alkanes of at least 4 members (excludes halogenated alkanes) is 2. The predicted octanol–water partition coefficient (Wildman–Crippen LogP) is 7.48. The van der Waals surface area contributed by atoms with Gasteiger partial charge in [-0.1, -0.05) is 75.9 Å². The van der Waals surface area contributed by atoms with E-state index in [1.54, 1.807) is 24.3 Å². The molecule has 0 aliphatic carbocycles. The van der Waals surface area contributed by atoms with E-state index in [0.29, 0.717) is 17.0 Å². The topological polar surface area (TPSA) is 52.6 Å². The maximum atomic E-state index is 12.7. The van der Waals surface area contributed by atoms with Crippen molar-refractivity contribution in [3.8, 4) is 0 Å². The fourth-order valence-electron chi connectivity index (χ4n) is 4.46. The van der Waals surface area contributed by atoms with E-state index < -0.39 is 0 Å². The summed E-state index contributed by atoms with van der Waals surface area (Å²) in [5.41, 5.74) is 1.15. The van der Waals surface area contributed by atoms with Crippen LogP contribution in [0.5, 0.6) is 0 Å². The molecule has 0 heterocycles. The zero-order chi connectivity index (χ0) is 24.1. The normalized spacial score (nSPS) is 14.7. The van der Waals surface area contributed by atoms with Crippen LogP contribution in [-0.4, -0.2) is 24.1 Å². The zero-order valence-electron chi connectivity index (χ0n) is 20.7. The van der Waals surface area contributed by atoms with E-state index in [1.807, 2.05) is 50.2 Å². The summed E-state index contributed by atoms with van der Waals surface area (Å²) in [7, 11) is 0. The summed E-state index contributed by atoms with van der Waals surface area (Å²) < 4.78 is 11.7. The molecule has 0 N–H and O–H groups in total. The van der Waals surface area contributed by atoms with Crippen molar-refractivity contribution in [3.05, 3.63) is 71.8 Å². The van der Waals surface area contributed by atoms with E-state index in [4.69, 9.17) is 9.47 Å². The van der Waals surface area contributed by atoms with E-state index in [2.05, 4.69) is 13.8 Å². The third kappa shape index (κ3) is 9.03. The van der Waals surface area contributed by atoms with Crippen LogP contribution < -0.4 is 0 Å². The number of carbonyl (C=O) groups is 2. The molecule has 2 aromatic carbocycles. The first-order chi connectivity index (χ1) is 16.0. The Morgan fingerprint density at radius 1 is 0.727 bits per heavy atom. The van der Waals surface area contributed by atoms with E-state index in [-0.39, 0.29) is 30.1 Å². The van der Waals surface area contributed by atoms with Gasteiger partial charge >= 0.3 is 11.9 Å². The highest BCUT2D eigenvalue weighted by Crippen LogP contribution is 2.33. The Hall–Kier alpha value is -2.62. The molecule has 33 heavy (non-hydrogen) atoms. The first kappa shape index (κ1) is 26.6. The second-order valence-corrected chi connectivity index (χ2v) is 9.00. The molecule has 4 atom stereocenters. The Kier molecular flexibility index (Phi) is 11.7. The van der Waals surface area contributed by atoms with Gasteiger partial charge in [0.2, 0.25) is 0 Å². The maximum absolute atomic E-state index is 12.7. The van der Waals surface area contributed by atoms with E-state index in [0.717, 1.165) is 44.9 Å². The molecular weight excluding hydrogens is 412 g/mol. The summed E-state index contributed by atoms with van der Waals surface area (Å²) in [6, 6.07) is 18.3. The van der Waals surface area contributed by atoms with Crippen molar-refractivity contribution in [1.82, 2.24) is 0 Å². The molecule has 4 nitrogen and oxygen atoms in total. The second kappa shape index (κ2) is 14.5. The van der Waals surface area contributed by atoms with Crippen LogP contribution in [0.2, 0.25) is 0 Å². The number of benzene rings is 2. The average Bonchev–Trinajstić information content (AvgIpc) is 2.83. The SMILES string of the molecule is CCCCC(CC(C)OC(=O)c1ccccc1)C(CCCC)C(C)OC(=O)c1ccccc1. The Balaban J connectivity index is 2.10. The van der Waals surface area contributed by atoms with Crippen LogP contribution in [0.15, 0.2) is 60.7 Å². The van der Waals surface area contributed by atoms with Gasteiger partial charge in [0.25, 0.3) is 0 Å². The lowest BCUT2D eigenvalue weighted by molar-refractivity contribution is -0.00417. The summed E-state index contributed by atoms with van der Waals surface area (Å²) in [5.74, 6) is -0.0240. The van der Waals surface area contributed by atoms with Gasteiger partial charge in [-0.3, -0.25) is 0 Å². The number of rotatable bonds is 14. The van der Waals surface area contributed by atoms with Crippen molar-refractivity contribution in [2.75, 3.05) is 0 Å². The van der Waals surface area contributed by atoms with E-state index in [1.165, 1.54) is 0 Å². The number of carbonyl (C=O) groups excluding carboxylic acids is 2. The molecule has 0 saturated heterocycles. The maximum Gasteiger partial charge on any atom is 0.338 e. The minimum absolute atomic E-state index is 0.205. The van der Waals surface area contributed by atoms with Crippen LogP contribution >= 0.6 is 0 Å². The van der Waals surface area contributed by atoms with Gasteiger partial charge in [-0.15, -0.1) is 0 Å². The molecule has 0 spiro atoms. The molecular formula is C29H40O4. The Bertz CT molecular complexity index is 818. The van der Waals surface area contributed by atoms with E-state index in [9.17, 15) is 9.59 Å². The zero-order valence-corrected chi connectivity index (χ0v) is 20.7. The van der Waals surface area contributed by atoms with E-state index >= 15 is 0 Å². The first-order valence-electron chi connectivity index (χ1n) is 12.5. The van der Waals surface area contributed by atoms with Crippen molar-refractivity contribution in [3.63, 3.8) is 0 Å². The number of esters is 2. The Labute approximate surface area is 199 Å². The van der Waals surface area contributed by atoms with Crippen LogP contribution in [-0.2, 0) is 9.47 Å². The second-order valence-electron chi connectivity index (χ2n) is 9.00. The molecule has 0 fully saturated rings. The lowest BCUT2D eigenvalue weighted by Crippen LogP contribution is -2.33. The fourth-order valence-corrected chi connectivity index (χ4v) is 4.46. The molecule has 0 aromatic heterocycles. The van der Waals surface area contributed by atoms with Crippen molar-refractivity contribution < 1.29 is 19.1 Å². The lowest BCUT2D eigenvalue weighted by Gasteiger charge is -2.33. The minimum atomic E-state index is -0.286. The molecule has 0 saturated carbocycles. The lowest BCUT2D eigenvalue weighted by atomic mass is 9.78. The minimum Gasteiger partial charge on any atom is -0.459 e. The standard InChI is InChI=1S/C29H40O4/c1-5-7-15-26(21-22(3)32-28(30)24-16-11-9-12-17-24)27(20-8-6-2)23(4)33-29(31)25-18-13-10-14-19-25/h9-14,16-19,22-23,26-27H,5-8,15,20-21H2,1-4H3. The summed E-state index contributed by atoms with van der Waals surface area (Å²) in [6.45, 7) is 8.36. The smallest absolute Gasteiger partial charge is 0.338 e. The van der Waals surface area contributed by atoms with Gasteiger partial charge in [-0.05, 0) is 69.2 Å². The van der Waals surface area contributed by atoms with Gasteiger partial charge in [0.1, 0.15) is 6.10 Å². The molecule has 2 aromatic rings. The van der Waals surface area contributed by atoms with Crippen LogP contribution in [0, 0.1) is 11.8 Å². The molecule has 0 amide bonds. The van der Waals surface area contributed by atoms with Crippen LogP contribution in [0.4, 0.5) is 0 Å². The molecule has 4 heteroatoms. The third-order valence-corrected chi connectivity index (χ3v) is 6.28. The summed E-state index contributed by atoms with van der Waals surface area (Å²) in [5, 5.41) is 0. The highest BCUT2D eigenvalue weighted by Gasteiger charge is 2.31. The largest absolute Gasteiger partial charge is 0.459 e. The quantitative estimate of drug-likeness (QED) is 0.279. The molecule has 2 rings (SSSR count). The van der Waals surface area contributed by atoms with Crippen LogP contribution in [0.1, 0.15) is 93.4 Å². The predicted molar refractivity (Wildman–Crippen MR) is 133 cm³/mol. The van der Waals surface area contributed by atoms with Crippen molar-refractivity contribution in [2.45, 2.75) is 84.8 Å². The number of hydrogen-bond donors (Lipinski definition) is 0. The highest BCUT2D eigenvalue weighted by molar-refractivity contribution is 5.89. The molecule has 0 radical (unpaired) electrons. The van der Waals surface area contributed by atoms with Gasteiger partial charge in [-0.2, -0.15) is 0 Å². The monoisotopic (exact) mass is 452 g/mol. The summed E-state index contributed by atoms with van der Waals surface area (Å²) >= 11 is 0. The number of ether oxygens (including phenoxy) is 2. The molecule has 4 unspecified atom stereocenters. The van der Waals surface area contributed by atoms with Gasteiger partial charge in [0, 0.05) is 0 Å². The Morgan fingerprint density at radius 3 is 1.73 bits per heavy atom. The van der Waals surface area contributed by atoms with Crippen LogP contribution in [0.25, 0.3) is 0 Å². The van der Waals surface area contributed by atoms with Crippen LogP contribution in [0.3, 0.4) is 0 Å². The van der Waals surface area contributed by atoms with Gasteiger partial charge in [-0.25, -0.2) is 9.59 Å². The summed E-state index contributed by atoms with van der Waals surface area (Å²) in [6.07, 6.45) is 6.76. The number of hydrogen-bond acceptors (Lipinski definition) is 4. The fraction of sp³-hybridized carbons (Fsp3) is 0.517. The summed E-state index contributed by atoms with van der Waals surface area (Å²) in [4.78, 5) is 25.2. The molecule has 0 bridgehead atoms. The van der Waals surface area contributed by atoms with Gasteiger partial charge < -0.3 is 9.47 Å². The molecule has 0 aliphatic heterocycles. The molecule has 0 aliphatic rings. The molecule has 180 valence electrons. The van der Waals surface area contributed by atoms with Crippen molar-refractivity contribution in [2.24, 2.45) is 11.8 Å². The van der Waals surface area contributed by atoms with Crippen molar-refractivity contribution in [1.29, 1.82) is 0 Å². The van der Waals surface area contributed by atoms with Crippen molar-refractivity contribution >= 4 is 11.9 Å². The average molecular weight is 453 g/mol.